The number of aliphatic hydroxyl groups is 1. The molecule has 0 aliphatic rings. The molecule has 126 valence electrons. The highest BCUT2D eigenvalue weighted by Gasteiger charge is 2.17. The Kier molecular flexibility index (Phi) is 11.8. The second-order valence-corrected chi connectivity index (χ2v) is 5.63. The zero-order valence-corrected chi connectivity index (χ0v) is 14.6. The number of nitriles is 1. The highest BCUT2D eigenvalue weighted by molar-refractivity contribution is 5.07. The molecule has 0 aliphatic carbocycles. The van der Waals surface area contributed by atoms with Crippen molar-refractivity contribution < 1.29 is 14.6 Å². The van der Waals surface area contributed by atoms with Crippen LogP contribution in [0.3, 0.4) is 0 Å². The van der Waals surface area contributed by atoms with Gasteiger partial charge in [-0.3, -0.25) is 0 Å². The molecule has 0 spiro atoms. The van der Waals surface area contributed by atoms with Crippen molar-refractivity contribution in [2.24, 2.45) is 5.92 Å². The van der Waals surface area contributed by atoms with Crippen LogP contribution in [0.15, 0.2) is 23.3 Å². The number of allylic oxidation sites excluding steroid dienone is 3. The SMILES string of the molecule is CCOC(C)OC(C#N)CC(C)/C(C)=C/CC/C(C)=C/CO. The first-order valence-electron chi connectivity index (χ1n) is 8.04. The molecule has 0 aromatic heterocycles. The maximum atomic E-state index is 9.20. The van der Waals surface area contributed by atoms with Crippen LogP contribution in [0.5, 0.6) is 0 Å². The zero-order chi connectivity index (χ0) is 17.0. The van der Waals surface area contributed by atoms with Crippen molar-refractivity contribution in [3.8, 4) is 6.07 Å². The van der Waals surface area contributed by atoms with E-state index in [0.717, 1.165) is 12.8 Å². The minimum Gasteiger partial charge on any atom is -0.392 e. The molecule has 0 aromatic rings. The van der Waals surface area contributed by atoms with Crippen LogP contribution in [0.2, 0.25) is 0 Å². The van der Waals surface area contributed by atoms with Crippen molar-refractivity contribution in [1.82, 2.24) is 0 Å². The third-order valence-corrected chi connectivity index (χ3v) is 3.69. The molecule has 3 atom stereocenters. The van der Waals surface area contributed by atoms with Gasteiger partial charge in [-0.25, -0.2) is 0 Å². The number of rotatable bonds is 11. The Labute approximate surface area is 135 Å². The number of nitrogens with zero attached hydrogens (tertiary/aromatic N) is 1. The second-order valence-electron chi connectivity index (χ2n) is 5.63. The van der Waals surface area contributed by atoms with Gasteiger partial charge in [-0.1, -0.05) is 30.2 Å². The molecule has 0 radical (unpaired) electrons. The summed E-state index contributed by atoms with van der Waals surface area (Å²) in [5.41, 5.74) is 2.47. The minimum atomic E-state index is -0.448. The molecule has 0 rings (SSSR count). The van der Waals surface area contributed by atoms with Gasteiger partial charge in [0.2, 0.25) is 0 Å². The van der Waals surface area contributed by atoms with Crippen LogP contribution in [-0.4, -0.2) is 30.7 Å². The lowest BCUT2D eigenvalue weighted by molar-refractivity contribution is -0.146. The highest BCUT2D eigenvalue weighted by Crippen LogP contribution is 2.20. The Bertz CT molecular complexity index is 396. The average Bonchev–Trinajstić information content (AvgIpc) is 2.46. The first-order chi connectivity index (χ1) is 10.4. The van der Waals surface area contributed by atoms with E-state index in [0.29, 0.717) is 18.9 Å². The van der Waals surface area contributed by atoms with Crippen LogP contribution < -0.4 is 0 Å². The second kappa shape index (κ2) is 12.4. The highest BCUT2D eigenvalue weighted by atomic mass is 16.7. The van der Waals surface area contributed by atoms with E-state index in [2.05, 4.69) is 26.0 Å². The van der Waals surface area contributed by atoms with Crippen molar-refractivity contribution in [1.29, 1.82) is 5.26 Å². The molecule has 0 heterocycles. The maximum Gasteiger partial charge on any atom is 0.156 e. The zero-order valence-electron chi connectivity index (χ0n) is 14.6. The molecule has 0 amide bonds. The minimum absolute atomic E-state index is 0.101. The summed E-state index contributed by atoms with van der Waals surface area (Å²) in [5.74, 6) is 0.292. The summed E-state index contributed by atoms with van der Waals surface area (Å²) in [4.78, 5) is 0. The van der Waals surface area contributed by atoms with Gasteiger partial charge in [0.15, 0.2) is 6.29 Å². The summed E-state index contributed by atoms with van der Waals surface area (Å²) in [5, 5.41) is 18.0. The normalized spacial score (nSPS) is 17.0. The van der Waals surface area contributed by atoms with E-state index in [1.165, 1.54) is 11.1 Å². The Morgan fingerprint density at radius 2 is 1.95 bits per heavy atom. The van der Waals surface area contributed by atoms with E-state index in [4.69, 9.17) is 14.6 Å². The number of hydrogen-bond acceptors (Lipinski definition) is 4. The predicted molar refractivity (Wildman–Crippen MR) is 89.2 cm³/mol. The number of aliphatic hydroxyl groups excluding tert-OH is 1. The quantitative estimate of drug-likeness (QED) is 0.463. The van der Waals surface area contributed by atoms with Gasteiger partial charge < -0.3 is 14.6 Å². The Morgan fingerprint density at radius 1 is 1.27 bits per heavy atom. The molecule has 0 saturated heterocycles. The molecular formula is C18H31NO3. The Morgan fingerprint density at radius 3 is 2.50 bits per heavy atom. The smallest absolute Gasteiger partial charge is 0.156 e. The summed E-state index contributed by atoms with van der Waals surface area (Å²) >= 11 is 0. The first kappa shape index (κ1) is 20.9. The van der Waals surface area contributed by atoms with Gasteiger partial charge in [-0.2, -0.15) is 5.26 Å². The summed E-state index contributed by atoms with van der Waals surface area (Å²) in [6, 6.07) is 2.20. The topological polar surface area (TPSA) is 62.5 Å². The molecule has 4 nitrogen and oxygen atoms in total. The van der Waals surface area contributed by atoms with Gasteiger partial charge in [0.25, 0.3) is 0 Å². The van der Waals surface area contributed by atoms with Crippen molar-refractivity contribution in [2.75, 3.05) is 13.2 Å². The lowest BCUT2D eigenvalue weighted by Crippen LogP contribution is -2.23. The van der Waals surface area contributed by atoms with E-state index >= 15 is 0 Å². The van der Waals surface area contributed by atoms with Crippen LogP contribution in [-0.2, 0) is 9.47 Å². The first-order valence-corrected chi connectivity index (χ1v) is 8.04. The van der Waals surface area contributed by atoms with Crippen molar-refractivity contribution in [3.63, 3.8) is 0 Å². The summed E-state index contributed by atoms with van der Waals surface area (Å²) in [6.07, 6.45) is 5.81. The third-order valence-electron chi connectivity index (χ3n) is 3.69. The lowest BCUT2D eigenvalue weighted by atomic mass is 9.95. The predicted octanol–water partition coefficient (Wildman–Crippen LogP) is 3.97. The molecule has 3 unspecified atom stereocenters. The lowest BCUT2D eigenvalue weighted by Gasteiger charge is -2.20. The van der Waals surface area contributed by atoms with Crippen molar-refractivity contribution in [3.05, 3.63) is 23.3 Å². The number of ether oxygens (including phenoxy) is 2. The fraction of sp³-hybridized carbons (Fsp3) is 0.722. The van der Waals surface area contributed by atoms with Crippen molar-refractivity contribution >= 4 is 0 Å². The van der Waals surface area contributed by atoms with Crippen LogP contribution in [0.1, 0.15) is 53.9 Å². The number of hydrogen-bond donors (Lipinski definition) is 1. The van der Waals surface area contributed by atoms with Crippen LogP contribution in [0.4, 0.5) is 0 Å². The van der Waals surface area contributed by atoms with E-state index in [1.807, 2.05) is 26.8 Å². The Hall–Kier alpha value is -1.15. The van der Waals surface area contributed by atoms with E-state index in [-0.39, 0.29) is 12.9 Å². The summed E-state index contributed by atoms with van der Waals surface area (Å²) in [6.45, 7) is 10.6. The monoisotopic (exact) mass is 309 g/mol. The molecular weight excluding hydrogens is 278 g/mol. The standard InChI is InChI=1S/C18H31NO3/c1-6-21-17(5)22-18(13-19)12-16(4)15(3)9-7-8-14(2)10-11-20/h9-10,16-18,20H,6-8,11-12H2,1-5H3/b14-10+,15-9+. The van der Waals surface area contributed by atoms with Gasteiger partial charge in [-0.05, 0) is 52.9 Å². The molecule has 0 aliphatic heterocycles. The maximum absolute atomic E-state index is 9.20. The fourth-order valence-electron chi connectivity index (χ4n) is 2.14. The molecule has 22 heavy (non-hydrogen) atoms. The molecule has 0 aromatic carbocycles. The van der Waals surface area contributed by atoms with Gasteiger partial charge in [0, 0.05) is 6.61 Å². The van der Waals surface area contributed by atoms with Gasteiger partial charge in [-0.15, -0.1) is 0 Å². The fourth-order valence-corrected chi connectivity index (χ4v) is 2.14. The van der Waals surface area contributed by atoms with Gasteiger partial charge in [0.1, 0.15) is 6.10 Å². The molecule has 1 N–H and O–H groups in total. The molecule has 4 heteroatoms. The largest absolute Gasteiger partial charge is 0.392 e. The van der Waals surface area contributed by atoms with Crippen LogP contribution in [0.25, 0.3) is 0 Å². The molecule has 0 fully saturated rings. The summed E-state index contributed by atoms with van der Waals surface area (Å²) < 4.78 is 10.9. The molecule has 0 saturated carbocycles. The molecule has 0 bridgehead atoms. The van der Waals surface area contributed by atoms with Gasteiger partial charge in [0.05, 0.1) is 12.7 Å². The van der Waals surface area contributed by atoms with E-state index < -0.39 is 6.10 Å². The van der Waals surface area contributed by atoms with Crippen molar-refractivity contribution in [2.45, 2.75) is 66.3 Å². The van der Waals surface area contributed by atoms with Crippen LogP contribution in [0, 0.1) is 17.2 Å². The van der Waals surface area contributed by atoms with E-state index in [1.54, 1.807) is 0 Å². The van der Waals surface area contributed by atoms with Crippen LogP contribution >= 0.6 is 0 Å². The Balaban J connectivity index is 4.34. The average molecular weight is 309 g/mol. The van der Waals surface area contributed by atoms with E-state index in [9.17, 15) is 5.26 Å². The summed E-state index contributed by atoms with van der Waals surface area (Å²) in [7, 11) is 0. The third kappa shape index (κ3) is 9.73. The van der Waals surface area contributed by atoms with Gasteiger partial charge >= 0.3 is 0 Å².